The zero-order chi connectivity index (χ0) is 34.9. The monoisotopic (exact) mass is 675 g/mol. The first-order chi connectivity index (χ1) is 26.2. The van der Waals surface area contributed by atoms with Crippen molar-refractivity contribution in [1.29, 1.82) is 0 Å². The van der Waals surface area contributed by atoms with Crippen molar-refractivity contribution in [3.8, 4) is 45.3 Å². The molecule has 2 aromatic heterocycles. The summed E-state index contributed by atoms with van der Waals surface area (Å²) in [4.78, 5) is 15.5. The third-order valence-electron chi connectivity index (χ3n) is 10.5. The van der Waals surface area contributed by atoms with Crippen molar-refractivity contribution >= 4 is 65.0 Å². The molecule has 53 heavy (non-hydrogen) atoms. The average molecular weight is 676 g/mol. The molecule has 0 aliphatic carbocycles. The Balaban J connectivity index is 1.09. The Morgan fingerprint density at radius 3 is 1.75 bits per heavy atom. The van der Waals surface area contributed by atoms with E-state index in [1.165, 1.54) is 37.7 Å². The molecule has 4 nitrogen and oxygen atoms in total. The topological polar surface area (TPSA) is 51.8 Å². The number of fused-ring (bicyclic) bond motifs is 9. The predicted octanol–water partition coefficient (Wildman–Crippen LogP) is 13.1. The van der Waals surface area contributed by atoms with E-state index in [1.807, 2.05) is 30.3 Å². The average Bonchev–Trinajstić information content (AvgIpc) is 3.62. The SMILES string of the molecule is c1cc(-c2ccc3c(ccc4ccc5ccccc5c43)c2)cc(-c2nc(-c3ccc4ccccc4c3)nc(-c3cccc4oc5ccccc5c34)n2)c1. The second-order valence-electron chi connectivity index (χ2n) is 13.6. The number of benzene rings is 9. The lowest BCUT2D eigenvalue weighted by atomic mass is 9.94. The molecule has 0 fully saturated rings. The van der Waals surface area contributed by atoms with Crippen LogP contribution in [-0.2, 0) is 0 Å². The highest BCUT2D eigenvalue weighted by atomic mass is 16.3. The maximum absolute atomic E-state index is 6.26. The summed E-state index contributed by atoms with van der Waals surface area (Å²) >= 11 is 0. The third-order valence-corrected chi connectivity index (χ3v) is 10.5. The molecular formula is C49H29N3O. The zero-order valence-corrected chi connectivity index (χ0v) is 28.5. The van der Waals surface area contributed by atoms with Crippen molar-refractivity contribution in [2.24, 2.45) is 0 Å². The van der Waals surface area contributed by atoms with Gasteiger partial charge in [0.25, 0.3) is 0 Å². The minimum atomic E-state index is 0.602. The Morgan fingerprint density at radius 1 is 0.302 bits per heavy atom. The van der Waals surface area contributed by atoms with Crippen molar-refractivity contribution in [3.05, 3.63) is 176 Å². The van der Waals surface area contributed by atoms with Gasteiger partial charge in [0.05, 0.1) is 0 Å². The van der Waals surface area contributed by atoms with Crippen LogP contribution in [0.2, 0.25) is 0 Å². The molecule has 0 aliphatic rings. The van der Waals surface area contributed by atoms with Crippen LogP contribution < -0.4 is 0 Å². The van der Waals surface area contributed by atoms with Gasteiger partial charge in [0, 0.05) is 27.5 Å². The lowest BCUT2D eigenvalue weighted by molar-refractivity contribution is 0.669. The van der Waals surface area contributed by atoms with Crippen LogP contribution in [0.4, 0.5) is 0 Å². The molecule has 0 bridgehead atoms. The summed E-state index contributed by atoms with van der Waals surface area (Å²) in [6, 6.07) is 61.8. The van der Waals surface area contributed by atoms with Gasteiger partial charge < -0.3 is 4.42 Å². The van der Waals surface area contributed by atoms with Crippen LogP contribution in [0.1, 0.15) is 0 Å². The molecule has 246 valence electrons. The molecule has 11 aromatic rings. The number of hydrogen-bond acceptors (Lipinski definition) is 4. The van der Waals surface area contributed by atoms with Crippen LogP contribution in [0, 0.1) is 0 Å². The van der Waals surface area contributed by atoms with Gasteiger partial charge in [-0.15, -0.1) is 0 Å². The fourth-order valence-electron chi connectivity index (χ4n) is 7.90. The Labute approximate surface area is 304 Å². The fourth-order valence-corrected chi connectivity index (χ4v) is 7.90. The van der Waals surface area contributed by atoms with E-state index in [-0.39, 0.29) is 0 Å². The molecule has 11 rings (SSSR count). The van der Waals surface area contributed by atoms with Crippen molar-refractivity contribution in [2.75, 3.05) is 0 Å². The summed E-state index contributed by atoms with van der Waals surface area (Å²) < 4.78 is 6.26. The first-order valence-corrected chi connectivity index (χ1v) is 17.8. The zero-order valence-electron chi connectivity index (χ0n) is 28.5. The molecule has 0 atom stereocenters. The van der Waals surface area contributed by atoms with Crippen molar-refractivity contribution in [1.82, 2.24) is 15.0 Å². The smallest absolute Gasteiger partial charge is 0.164 e. The van der Waals surface area contributed by atoms with Crippen LogP contribution >= 0.6 is 0 Å². The van der Waals surface area contributed by atoms with E-state index >= 15 is 0 Å². The molecule has 0 amide bonds. The highest BCUT2D eigenvalue weighted by molar-refractivity contribution is 6.20. The van der Waals surface area contributed by atoms with Gasteiger partial charge in [0.15, 0.2) is 17.5 Å². The Morgan fingerprint density at radius 2 is 0.868 bits per heavy atom. The minimum absolute atomic E-state index is 0.602. The molecule has 9 aromatic carbocycles. The summed E-state index contributed by atoms with van der Waals surface area (Å²) in [6.45, 7) is 0. The van der Waals surface area contributed by atoms with Crippen molar-refractivity contribution in [3.63, 3.8) is 0 Å². The van der Waals surface area contributed by atoms with E-state index in [4.69, 9.17) is 19.4 Å². The Bertz CT molecular complexity index is 3250. The second-order valence-corrected chi connectivity index (χ2v) is 13.6. The van der Waals surface area contributed by atoms with Crippen LogP contribution in [0.3, 0.4) is 0 Å². The quantitative estimate of drug-likeness (QED) is 0.174. The van der Waals surface area contributed by atoms with Crippen LogP contribution in [0.25, 0.3) is 110 Å². The van der Waals surface area contributed by atoms with E-state index in [9.17, 15) is 0 Å². The number of nitrogens with zero attached hydrogens (tertiary/aromatic N) is 3. The van der Waals surface area contributed by atoms with Gasteiger partial charge in [-0.25, -0.2) is 15.0 Å². The lowest BCUT2D eigenvalue weighted by Gasteiger charge is -2.12. The summed E-state index contributed by atoms with van der Waals surface area (Å²) in [6.07, 6.45) is 0. The van der Waals surface area contributed by atoms with Gasteiger partial charge >= 0.3 is 0 Å². The maximum Gasteiger partial charge on any atom is 0.164 e. The third kappa shape index (κ3) is 4.88. The molecule has 0 saturated carbocycles. The lowest BCUT2D eigenvalue weighted by Crippen LogP contribution is -2.00. The summed E-state index contributed by atoms with van der Waals surface area (Å²) in [7, 11) is 0. The number of hydrogen-bond donors (Lipinski definition) is 0. The standard InChI is InChI=1S/C49H29N3O/c1-2-11-33-28-38(24-19-30(33)9-1)48-50-47(51-49(52-48)42-16-8-18-44-46(42)41-15-5-6-17-43(41)53-44)37-13-7-12-34(29-37)35-25-26-40-36(27-35)23-22-32-21-20-31-10-3-4-14-39(31)45(32)40/h1-29H. The van der Waals surface area contributed by atoms with E-state index in [2.05, 4.69) is 146 Å². The molecule has 0 aliphatic heterocycles. The second kappa shape index (κ2) is 11.7. The highest BCUT2D eigenvalue weighted by Gasteiger charge is 2.18. The van der Waals surface area contributed by atoms with Gasteiger partial charge in [-0.3, -0.25) is 0 Å². The number of rotatable bonds is 4. The fraction of sp³-hybridized carbons (Fsp3) is 0. The maximum atomic E-state index is 6.26. The van der Waals surface area contributed by atoms with Gasteiger partial charge in [-0.1, -0.05) is 146 Å². The largest absolute Gasteiger partial charge is 0.456 e. The Kier molecular flexibility index (Phi) is 6.52. The number of furan rings is 1. The molecule has 0 spiro atoms. The Hall–Kier alpha value is -7.17. The highest BCUT2D eigenvalue weighted by Crippen LogP contribution is 2.38. The van der Waals surface area contributed by atoms with Crippen LogP contribution in [0.15, 0.2) is 180 Å². The van der Waals surface area contributed by atoms with Crippen molar-refractivity contribution in [2.45, 2.75) is 0 Å². The summed E-state index contributed by atoms with van der Waals surface area (Å²) in [5.74, 6) is 1.84. The molecular weight excluding hydrogens is 647 g/mol. The summed E-state index contributed by atoms with van der Waals surface area (Å²) in [5, 5.41) is 11.9. The minimum Gasteiger partial charge on any atom is -0.456 e. The molecule has 0 radical (unpaired) electrons. The molecule has 0 N–H and O–H groups in total. The first kappa shape index (κ1) is 29.5. The van der Waals surface area contributed by atoms with Gasteiger partial charge in [-0.05, 0) is 84.5 Å². The first-order valence-electron chi connectivity index (χ1n) is 17.8. The van der Waals surface area contributed by atoms with E-state index in [1.54, 1.807) is 0 Å². The molecule has 2 heterocycles. The number of para-hydroxylation sites is 1. The number of aromatic nitrogens is 3. The molecule has 0 saturated heterocycles. The molecule has 4 heteroatoms. The van der Waals surface area contributed by atoms with Crippen LogP contribution in [0.5, 0.6) is 0 Å². The molecule has 0 unspecified atom stereocenters. The summed E-state index contributed by atoms with van der Waals surface area (Å²) in [5.41, 5.74) is 6.63. The normalized spacial score (nSPS) is 11.8. The van der Waals surface area contributed by atoms with Gasteiger partial charge in [0.2, 0.25) is 0 Å². The van der Waals surface area contributed by atoms with Crippen LogP contribution in [-0.4, -0.2) is 15.0 Å². The predicted molar refractivity (Wildman–Crippen MR) is 219 cm³/mol. The van der Waals surface area contributed by atoms with Gasteiger partial charge in [-0.2, -0.15) is 0 Å². The van der Waals surface area contributed by atoms with Gasteiger partial charge in [0.1, 0.15) is 11.2 Å². The van der Waals surface area contributed by atoms with E-state index < -0.39 is 0 Å². The van der Waals surface area contributed by atoms with E-state index in [0.29, 0.717) is 17.5 Å². The van der Waals surface area contributed by atoms with Crippen molar-refractivity contribution < 1.29 is 4.42 Å². The van der Waals surface area contributed by atoms with E-state index in [0.717, 1.165) is 55.1 Å².